The Kier molecular flexibility index (Phi) is 1.67. The SMILES string of the molecule is O=c1c(Cl)c[nH]c2cc3c(cc12)OCO3. The second kappa shape index (κ2) is 2.90. The first-order valence-corrected chi connectivity index (χ1v) is 4.74. The maximum Gasteiger partial charge on any atom is 0.231 e. The fourth-order valence-electron chi connectivity index (χ4n) is 1.58. The van der Waals surface area contributed by atoms with Gasteiger partial charge < -0.3 is 14.5 Å². The number of nitrogens with one attached hydrogen (secondary N) is 1. The topological polar surface area (TPSA) is 51.3 Å². The van der Waals surface area contributed by atoms with Gasteiger partial charge in [0.05, 0.1) is 10.9 Å². The Labute approximate surface area is 89.4 Å². The molecule has 3 rings (SSSR count). The third kappa shape index (κ3) is 1.18. The standard InChI is InChI=1S/C10H6ClNO3/c11-6-3-12-7-2-9-8(14-4-15-9)1-5(7)10(6)13/h1-3H,4H2,(H,12,13). The van der Waals surface area contributed by atoms with Crippen molar-refractivity contribution in [3.05, 3.63) is 33.6 Å². The third-order valence-electron chi connectivity index (χ3n) is 2.33. The first-order chi connectivity index (χ1) is 7.25. The largest absolute Gasteiger partial charge is 0.454 e. The molecule has 1 aromatic carbocycles. The summed E-state index contributed by atoms with van der Waals surface area (Å²) >= 11 is 5.72. The van der Waals surface area contributed by atoms with Crippen molar-refractivity contribution in [2.45, 2.75) is 0 Å². The van der Waals surface area contributed by atoms with Crippen molar-refractivity contribution in [1.29, 1.82) is 0 Å². The first kappa shape index (κ1) is 8.61. The van der Waals surface area contributed by atoms with Crippen molar-refractivity contribution >= 4 is 22.5 Å². The van der Waals surface area contributed by atoms with Crippen LogP contribution in [0.1, 0.15) is 0 Å². The Morgan fingerprint density at radius 2 is 2.00 bits per heavy atom. The summed E-state index contributed by atoms with van der Waals surface area (Å²) in [6.07, 6.45) is 1.47. The Bertz CT molecular complexity index is 605. The molecule has 1 aliphatic rings. The second-order valence-electron chi connectivity index (χ2n) is 3.22. The molecule has 5 heteroatoms. The van der Waals surface area contributed by atoms with Crippen LogP contribution in [0.25, 0.3) is 10.9 Å². The van der Waals surface area contributed by atoms with Crippen LogP contribution in [0.5, 0.6) is 11.5 Å². The number of pyridine rings is 1. The number of halogens is 1. The molecule has 0 bridgehead atoms. The van der Waals surface area contributed by atoms with Crippen LogP contribution in [0, 0.1) is 0 Å². The summed E-state index contributed by atoms with van der Waals surface area (Å²) < 4.78 is 10.4. The lowest BCUT2D eigenvalue weighted by atomic mass is 10.2. The Morgan fingerprint density at radius 1 is 1.27 bits per heavy atom. The molecule has 0 amide bonds. The lowest BCUT2D eigenvalue weighted by Gasteiger charge is -2.00. The van der Waals surface area contributed by atoms with E-state index >= 15 is 0 Å². The Hall–Kier alpha value is -1.68. The van der Waals surface area contributed by atoms with Crippen LogP contribution in [-0.4, -0.2) is 11.8 Å². The van der Waals surface area contributed by atoms with Crippen LogP contribution in [0.15, 0.2) is 23.1 Å². The van der Waals surface area contributed by atoms with E-state index in [4.69, 9.17) is 21.1 Å². The highest BCUT2D eigenvalue weighted by Crippen LogP contribution is 2.34. The molecule has 0 saturated carbocycles. The van der Waals surface area contributed by atoms with E-state index in [0.29, 0.717) is 22.4 Å². The average Bonchev–Trinajstić information content (AvgIpc) is 2.68. The fraction of sp³-hybridized carbons (Fsp3) is 0.100. The van der Waals surface area contributed by atoms with Crippen molar-refractivity contribution in [2.75, 3.05) is 6.79 Å². The normalized spacial score (nSPS) is 13.4. The highest BCUT2D eigenvalue weighted by atomic mass is 35.5. The molecule has 0 spiro atoms. The number of H-pyrrole nitrogens is 1. The summed E-state index contributed by atoms with van der Waals surface area (Å²) in [5.74, 6) is 1.22. The summed E-state index contributed by atoms with van der Waals surface area (Å²) in [5.41, 5.74) is 0.484. The third-order valence-corrected chi connectivity index (χ3v) is 2.61. The predicted molar refractivity (Wildman–Crippen MR) is 55.7 cm³/mol. The van der Waals surface area contributed by atoms with Crippen LogP contribution < -0.4 is 14.9 Å². The van der Waals surface area contributed by atoms with E-state index < -0.39 is 0 Å². The molecule has 0 radical (unpaired) electrons. The smallest absolute Gasteiger partial charge is 0.231 e. The Balaban J connectivity index is 2.44. The molecule has 1 aliphatic heterocycles. The van der Waals surface area contributed by atoms with Crippen molar-refractivity contribution in [1.82, 2.24) is 4.98 Å². The van der Waals surface area contributed by atoms with E-state index in [1.807, 2.05) is 0 Å². The molecule has 1 aromatic heterocycles. The van der Waals surface area contributed by atoms with Gasteiger partial charge in [0.1, 0.15) is 5.02 Å². The molecule has 0 unspecified atom stereocenters. The molecule has 0 saturated heterocycles. The number of aromatic amines is 1. The van der Waals surface area contributed by atoms with Crippen molar-refractivity contribution < 1.29 is 9.47 Å². The number of benzene rings is 1. The monoisotopic (exact) mass is 223 g/mol. The van der Waals surface area contributed by atoms with Gasteiger partial charge in [-0.05, 0) is 6.07 Å². The summed E-state index contributed by atoms with van der Waals surface area (Å²) in [7, 11) is 0. The number of hydrogen-bond donors (Lipinski definition) is 1. The van der Waals surface area contributed by atoms with Gasteiger partial charge in [-0.2, -0.15) is 0 Å². The quantitative estimate of drug-likeness (QED) is 0.742. The van der Waals surface area contributed by atoms with Gasteiger partial charge in [0, 0.05) is 12.3 Å². The molecule has 76 valence electrons. The molecular formula is C10H6ClNO3. The lowest BCUT2D eigenvalue weighted by molar-refractivity contribution is 0.174. The Morgan fingerprint density at radius 3 is 2.80 bits per heavy atom. The summed E-state index contributed by atoms with van der Waals surface area (Å²) in [6.45, 7) is 0.188. The number of hydrogen-bond acceptors (Lipinski definition) is 3. The molecular weight excluding hydrogens is 218 g/mol. The average molecular weight is 224 g/mol. The van der Waals surface area contributed by atoms with Crippen molar-refractivity contribution in [3.8, 4) is 11.5 Å². The van der Waals surface area contributed by atoms with E-state index in [9.17, 15) is 4.79 Å². The lowest BCUT2D eigenvalue weighted by Crippen LogP contribution is -2.02. The van der Waals surface area contributed by atoms with Gasteiger partial charge in [0.2, 0.25) is 12.2 Å². The second-order valence-corrected chi connectivity index (χ2v) is 3.62. The zero-order valence-electron chi connectivity index (χ0n) is 7.54. The number of fused-ring (bicyclic) bond motifs is 2. The molecule has 15 heavy (non-hydrogen) atoms. The molecule has 0 aliphatic carbocycles. The molecule has 4 nitrogen and oxygen atoms in total. The molecule has 2 heterocycles. The van der Waals surface area contributed by atoms with Crippen LogP contribution in [0.4, 0.5) is 0 Å². The number of rotatable bonds is 0. The maximum atomic E-state index is 11.7. The van der Waals surface area contributed by atoms with Crippen LogP contribution in [-0.2, 0) is 0 Å². The minimum Gasteiger partial charge on any atom is -0.454 e. The summed E-state index contributed by atoms with van der Waals surface area (Å²) in [5, 5.41) is 0.674. The van der Waals surface area contributed by atoms with E-state index in [1.165, 1.54) is 6.20 Å². The van der Waals surface area contributed by atoms with E-state index in [-0.39, 0.29) is 17.2 Å². The zero-order chi connectivity index (χ0) is 10.4. The maximum absolute atomic E-state index is 11.7. The van der Waals surface area contributed by atoms with Gasteiger partial charge in [-0.3, -0.25) is 4.79 Å². The molecule has 2 aromatic rings. The minimum absolute atomic E-state index is 0.168. The first-order valence-electron chi connectivity index (χ1n) is 4.36. The zero-order valence-corrected chi connectivity index (χ0v) is 8.30. The van der Waals surface area contributed by atoms with Gasteiger partial charge in [0.15, 0.2) is 11.5 Å². The predicted octanol–water partition coefficient (Wildman–Crippen LogP) is 1.91. The van der Waals surface area contributed by atoms with Gasteiger partial charge in [-0.1, -0.05) is 11.6 Å². The number of aromatic nitrogens is 1. The van der Waals surface area contributed by atoms with Crippen LogP contribution in [0.2, 0.25) is 5.02 Å². The fourth-order valence-corrected chi connectivity index (χ4v) is 1.74. The molecule has 1 N–H and O–H groups in total. The van der Waals surface area contributed by atoms with Crippen LogP contribution >= 0.6 is 11.6 Å². The highest BCUT2D eigenvalue weighted by Gasteiger charge is 2.15. The van der Waals surface area contributed by atoms with E-state index in [2.05, 4.69) is 4.98 Å². The molecule has 0 fully saturated rings. The highest BCUT2D eigenvalue weighted by molar-refractivity contribution is 6.31. The van der Waals surface area contributed by atoms with E-state index in [1.54, 1.807) is 12.1 Å². The minimum atomic E-state index is -0.205. The van der Waals surface area contributed by atoms with Crippen molar-refractivity contribution in [3.63, 3.8) is 0 Å². The number of ether oxygens (including phenoxy) is 2. The summed E-state index contributed by atoms with van der Waals surface area (Å²) in [4.78, 5) is 14.6. The van der Waals surface area contributed by atoms with Gasteiger partial charge in [-0.25, -0.2) is 0 Å². The molecule has 0 atom stereocenters. The van der Waals surface area contributed by atoms with Crippen LogP contribution in [0.3, 0.4) is 0 Å². The van der Waals surface area contributed by atoms with Gasteiger partial charge in [-0.15, -0.1) is 0 Å². The van der Waals surface area contributed by atoms with Crippen molar-refractivity contribution in [2.24, 2.45) is 0 Å². The summed E-state index contributed by atoms with van der Waals surface area (Å²) in [6, 6.07) is 3.37. The van der Waals surface area contributed by atoms with Gasteiger partial charge in [0.25, 0.3) is 0 Å². The van der Waals surface area contributed by atoms with E-state index in [0.717, 1.165) is 0 Å². The van der Waals surface area contributed by atoms with Gasteiger partial charge >= 0.3 is 0 Å².